The topological polar surface area (TPSA) is 72.7 Å². The van der Waals surface area contributed by atoms with Crippen molar-refractivity contribution < 1.29 is 0 Å². The Hall–Kier alpha value is -1.76. The smallest absolute Gasteiger partial charge is 0.269 e. The molecule has 0 fully saturated rings. The van der Waals surface area contributed by atoms with Crippen molar-refractivity contribution in [2.24, 2.45) is 0 Å². The molecule has 6 nitrogen and oxygen atoms in total. The molecule has 2 aromatic rings. The van der Waals surface area contributed by atoms with E-state index in [2.05, 4.69) is 27.4 Å². The van der Waals surface area contributed by atoms with Crippen LogP contribution in [0, 0.1) is 0 Å². The molecule has 0 saturated heterocycles. The molecule has 2 aromatic heterocycles. The number of anilines is 1. The highest BCUT2D eigenvalue weighted by Crippen LogP contribution is 2.15. The van der Waals surface area contributed by atoms with Crippen LogP contribution in [0.3, 0.4) is 0 Å². The number of hydrogen-bond acceptors (Lipinski definition) is 6. The third-order valence-electron chi connectivity index (χ3n) is 2.10. The van der Waals surface area contributed by atoms with E-state index >= 15 is 0 Å². The number of aromatic nitrogens is 4. The van der Waals surface area contributed by atoms with Crippen molar-refractivity contribution >= 4 is 16.5 Å². The molecule has 0 atom stereocenters. The van der Waals surface area contributed by atoms with Gasteiger partial charge in [-0.2, -0.15) is 0 Å². The fourth-order valence-corrected chi connectivity index (χ4v) is 2.03. The molecule has 17 heavy (non-hydrogen) atoms. The largest absolute Gasteiger partial charge is 0.360 e. The highest BCUT2D eigenvalue weighted by Gasteiger charge is 2.04. The fourth-order valence-electron chi connectivity index (χ4n) is 1.27. The van der Waals surface area contributed by atoms with Crippen LogP contribution in [0.2, 0.25) is 0 Å². The van der Waals surface area contributed by atoms with E-state index in [1.54, 1.807) is 17.0 Å². The molecule has 0 aromatic carbocycles. The highest BCUT2D eigenvalue weighted by molar-refractivity contribution is 7.15. The SMILES string of the molecule is CCCNc1nnc(Cn2ccncc2=O)s1. The monoisotopic (exact) mass is 251 g/mol. The summed E-state index contributed by atoms with van der Waals surface area (Å²) in [7, 11) is 0. The molecule has 0 saturated carbocycles. The van der Waals surface area contributed by atoms with Gasteiger partial charge in [-0.15, -0.1) is 10.2 Å². The summed E-state index contributed by atoms with van der Waals surface area (Å²) in [6.07, 6.45) is 5.55. The van der Waals surface area contributed by atoms with Gasteiger partial charge in [-0.05, 0) is 6.42 Å². The van der Waals surface area contributed by atoms with Crippen molar-refractivity contribution in [2.45, 2.75) is 19.9 Å². The van der Waals surface area contributed by atoms with E-state index in [4.69, 9.17) is 0 Å². The van der Waals surface area contributed by atoms with Crippen LogP contribution < -0.4 is 10.9 Å². The molecule has 7 heteroatoms. The Kier molecular flexibility index (Phi) is 3.81. The molecule has 0 aliphatic heterocycles. The number of nitrogens with one attached hydrogen (secondary N) is 1. The van der Waals surface area contributed by atoms with Crippen molar-refractivity contribution in [3.63, 3.8) is 0 Å². The predicted molar refractivity (Wildman–Crippen MR) is 66.3 cm³/mol. The lowest BCUT2D eigenvalue weighted by atomic mass is 10.5. The van der Waals surface area contributed by atoms with Crippen molar-refractivity contribution in [1.29, 1.82) is 0 Å². The lowest BCUT2D eigenvalue weighted by Gasteiger charge is -1.99. The van der Waals surface area contributed by atoms with Crippen molar-refractivity contribution in [1.82, 2.24) is 19.7 Å². The van der Waals surface area contributed by atoms with Gasteiger partial charge in [0, 0.05) is 18.9 Å². The second-order valence-corrected chi connectivity index (χ2v) is 4.53. The Bertz CT molecular complexity index is 535. The molecule has 0 aliphatic carbocycles. The third-order valence-corrected chi connectivity index (χ3v) is 2.97. The van der Waals surface area contributed by atoms with Gasteiger partial charge in [-0.3, -0.25) is 9.78 Å². The van der Waals surface area contributed by atoms with Gasteiger partial charge >= 0.3 is 0 Å². The Balaban J connectivity index is 2.07. The van der Waals surface area contributed by atoms with Gasteiger partial charge in [-0.1, -0.05) is 18.3 Å². The summed E-state index contributed by atoms with van der Waals surface area (Å²) >= 11 is 1.46. The minimum atomic E-state index is -0.134. The van der Waals surface area contributed by atoms with E-state index in [0.29, 0.717) is 6.54 Å². The zero-order valence-electron chi connectivity index (χ0n) is 9.46. The minimum absolute atomic E-state index is 0.134. The summed E-state index contributed by atoms with van der Waals surface area (Å²) in [5, 5.41) is 12.8. The zero-order chi connectivity index (χ0) is 12.1. The number of nitrogens with zero attached hydrogens (tertiary/aromatic N) is 4. The average molecular weight is 251 g/mol. The van der Waals surface area contributed by atoms with Gasteiger partial charge in [0.15, 0.2) is 0 Å². The van der Waals surface area contributed by atoms with Crippen LogP contribution in [0.1, 0.15) is 18.4 Å². The Labute approximate surface area is 102 Å². The molecule has 0 unspecified atom stereocenters. The van der Waals surface area contributed by atoms with E-state index in [1.807, 2.05) is 0 Å². The number of hydrogen-bond donors (Lipinski definition) is 1. The maximum atomic E-state index is 11.4. The van der Waals surface area contributed by atoms with Crippen LogP contribution in [0.4, 0.5) is 5.13 Å². The van der Waals surface area contributed by atoms with Gasteiger partial charge in [0.2, 0.25) is 5.13 Å². The molecule has 2 rings (SSSR count). The molecule has 2 heterocycles. The maximum Gasteiger partial charge on any atom is 0.269 e. The van der Waals surface area contributed by atoms with Crippen molar-refractivity contribution in [3.8, 4) is 0 Å². The van der Waals surface area contributed by atoms with Gasteiger partial charge < -0.3 is 9.88 Å². The van der Waals surface area contributed by atoms with E-state index in [1.165, 1.54) is 17.5 Å². The van der Waals surface area contributed by atoms with E-state index in [0.717, 1.165) is 23.1 Å². The molecular weight excluding hydrogens is 238 g/mol. The first-order valence-electron chi connectivity index (χ1n) is 5.36. The second-order valence-electron chi connectivity index (χ2n) is 3.47. The maximum absolute atomic E-state index is 11.4. The zero-order valence-corrected chi connectivity index (χ0v) is 10.3. The summed E-state index contributed by atoms with van der Waals surface area (Å²) in [6, 6.07) is 0. The summed E-state index contributed by atoms with van der Waals surface area (Å²) in [4.78, 5) is 15.2. The lowest BCUT2D eigenvalue weighted by molar-refractivity contribution is 0.734. The summed E-state index contributed by atoms with van der Waals surface area (Å²) in [5.41, 5.74) is -0.134. The molecule has 90 valence electrons. The van der Waals surface area contributed by atoms with Crippen LogP contribution in [-0.2, 0) is 6.54 Å². The summed E-state index contributed by atoms with van der Waals surface area (Å²) < 4.78 is 1.55. The quantitative estimate of drug-likeness (QED) is 0.857. The molecule has 0 amide bonds. The first-order chi connectivity index (χ1) is 8.29. The molecular formula is C10H13N5OS. The van der Waals surface area contributed by atoms with E-state index in [9.17, 15) is 4.79 Å². The Morgan fingerprint density at radius 1 is 1.47 bits per heavy atom. The first-order valence-corrected chi connectivity index (χ1v) is 6.18. The normalized spacial score (nSPS) is 10.4. The molecule has 0 aliphatic rings. The van der Waals surface area contributed by atoms with E-state index < -0.39 is 0 Å². The van der Waals surface area contributed by atoms with Gasteiger partial charge in [0.25, 0.3) is 5.56 Å². The second kappa shape index (κ2) is 5.53. The fraction of sp³-hybridized carbons (Fsp3) is 0.400. The lowest BCUT2D eigenvalue weighted by Crippen LogP contribution is -2.19. The van der Waals surface area contributed by atoms with E-state index in [-0.39, 0.29) is 5.56 Å². The van der Waals surface area contributed by atoms with Gasteiger partial charge in [-0.25, -0.2) is 0 Å². The predicted octanol–water partition coefficient (Wildman–Crippen LogP) is 0.965. The Morgan fingerprint density at radius 2 is 2.35 bits per heavy atom. The third kappa shape index (κ3) is 3.10. The highest BCUT2D eigenvalue weighted by atomic mass is 32.1. The van der Waals surface area contributed by atoms with Crippen LogP contribution in [-0.4, -0.2) is 26.3 Å². The van der Waals surface area contributed by atoms with Gasteiger partial charge in [0.05, 0.1) is 12.7 Å². The summed E-state index contributed by atoms with van der Waals surface area (Å²) in [5.74, 6) is 0. The molecule has 0 spiro atoms. The molecule has 0 radical (unpaired) electrons. The standard InChI is InChI=1S/C10H13N5OS/c1-2-3-12-10-14-13-8(17-10)7-15-5-4-11-6-9(15)16/h4-6H,2-3,7H2,1H3,(H,12,14). The van der Waals surface area contributed by atoms with Gasteiger partial charge in [0.1, 0.15) is 5.01 Å². The molecule has 1 N–H and O–H groups in total. The first kappa shape index (κ1) is 11.7. The Morgan fingerprint density at radius 3 is 3.12 bits per heavy atom. The van der Waals surface area contributed by atoms with Crippen LogP contribution >= 0.6 is 11.3 Å². The van der Waals surface area contributed by atoms with Crippen LogP contribution in [0.25, 0.3) is 0 Å². The number of rotatable bonds is 5. The van der Waals surface area contributed by atoms with Crippen molar-refractivity contribution in [3.05, 3.63) is 34.0 Å². The minimum Gasteiger partial charge on any atom is -0.360 e. The average Bonchev–Trinajstić information content (AvgIpc) is 2.77. The van der Waals surface area contributed by atoms with Crippen LogP contribution in [0.15, 0.2) is 23.4 Å². The molecule has 0 bridgehead atoms. The summed E-state index contributed by atoms with van der Waals surface area (Å²) in [6.45, 7) is 3.40. The van der Waals surface area contributed by atoms with Crippen LogP contribution in [0.5, 0.6) is 0 Å². The van der Waals surface area contributed by atoms with Crippen molar-refractivity contribution in [2.75, 3.05) is 11.9 Å².